The first-order valence-electron chi connectivity index (χ1n) is 4.22. The predicted molar refractivity (Wildman–Crippen MR) is 49.2 cm³/mol. The maximum Gasteiger partial charge on any atom is 0.302 e. The van der Waals surface area contributed by atoms with Gasteiger partial charge in [-0.3, -0.25) is 8.74 Å². The Bertz CT molecular complexity index is 206. The van der Waals surface area contributed by atoms with Crippen molar-refractivity contribution in [2.75, 3.05) is 0 Å². The van der Waals surface area contributed by atoms with Crippen LogP contribution in [0.5, 0.6) is 0 Å². The molecule has 0 heterocycles. The molecular weight excluding hydrogens is 192 g/mol. The lowest BCUT2D eigenvalue weighted by atomic mass is 9.86. The van der Waals surface area contributed by atoms with E-state index in [0.29, 0.717) is 18.8 Å². The van der Waals surface area contributed by atoms with Crippen LogP contribution in [0.4, 0.5) is 0 Å². The van der Waals surface area contributed by atoms with Gasteiger partial charge in [-0.1, -0.05) is 6.08 Å². The lowest BCUT2D eigenvalue weighted by molar-refractivity contribution is -0.00134. The highest BCUT2D eigenvalue weighted by Crippen LogP contribution is 2.27. The van der Waals surface area contributed by atoms with Gasteiger partial charge >= 0.3 is 11.4 Å². The summed E-state index contributed by atoms with van der Waals surface area (Å²) < 4.78 is 23.4. The molecule has 1 saturated carbocycles. The van der Waals surface area contributed by atoms with Gasteiger partial charge in [0.1, 0.15) is 6.10 Å². The number of aliphatic hydroxyl groups excluding tert-OH is 1. The highest BCUT2D eigenvalue weighted by molar-refractivity contribution is 7.74. The molecule has 0 radical (unpaired) electrons. The molecule has 0 spiro atoms. The Hall–Kier alpha value is -0.230. The summed E-state index contributed by atoms with van der Waals surface area (Å²) in [5, 5.41) is 9.50. The fourth-order valence-electron chi connectivity index (χ4n) is 1.58. The van der Waals surface area contributed by atoms with Crippen molar-refractivity contribution in [3.63, 3.8) is 0 Å². The topological polar surface area (TPSA) is 66.8 Å². The second kappa shape index (κ2) is 4.85. The molecule has 1 aliphatic rings. The first kappa shape index (κ1) is 10.8. The Kier molecular flexibility index (Phi) is 4.05. The van der Waals surface area contributed by atoms with E-state index in [0.717, 1.165) is 6.42 Å². The van der Waals surface area contributed by atoms with Crippen molar-refractivity contribution in [2.45, 2.75) is 31.5 Å². The minimum atomic E-state index is -2.28. The molecule has 0 bridgehead atoms. The van der Waals surface area contributed by atoms with Gasteiger partial charge in [0.2, 0.25) is 0 Å². The van der Waals surface area contributed by atoms with Crippen molar-refractivity contribution >= 4 is 11.4 Å². The van der Waals surface area contributed by atoms with E-state index in [1.54, 1.807) is 6.08 Å². The number of hydrogen-bond donors (Lipinski definition) is 2. The molecule has 4 atom stereocenters. The average Bonchev–Trinajstić information content (AvgIpc) is 2.08. The van der Waals surface area contributed by atoms with E-state index in [1.807, 2.05) is 0 Å². The van der Waals surface area contributed by atoms with Crippen LogP contribution >= 0.6 is 0 Å². The fraction of sp³-hybridized carbons (Fsp3) is 0.750. The van der Waals surface area contributed by atoms with E-state index in [1.165, 1.54) is 0 Å². The standard InChI is InChI=1S/C8H14O4S/c1-2-6-3-4-8(7(9)5-6)12-13(10)11/h2,6-9H,1,3-5H2,(H,10,11). The van der Waals surface area contributed by atoms with Crippen molar-refractivity contribution in [2.24, 2.45) is 5.92 Å². The van der Waals surface area contributed by atoms with Gasteiger partial charge in [-0.15, -0.1) is 6.58 Å². The third-order valence-electron chi connectivity index (χ3n) is 2.33. The number of allylic oxidation sites excluding steroid dienone is 1. The smallest absolute Gasteiger partial charge is 0.302 e. The normalized spacial score (nSPS) is 36.9. The lowest BCUT2D eigenvalue weighted by Crippen LogP contribution is -2.35. The molecule has 0 aliphatic heterocycles. The number of rotatable bonds is 3. The summed E-state index contributed by atoms with van der Waals surface area (Å²) in [4.78, 5) is 0. The quantitative estimate of drug-likeness (QED) is 0.531. The molecule has 1 rings (SSSR count). The van der Waals surface area contributed by atoms with Crippen LogP contribution in [-0.2, 0) is 15.5 Å². The summed E-state index contributed by atoms with van der Waals surface area (Å²) in [6.45, 7) is 3.64. The van der Waals surface area contributed by atoms with Crippen LogP contribution in [0, 0.1) is 5.92 Å². The zero-order valence-electron chi connectivity index (χ0n) is 7.26. The van der Waals surface area contributed by atoms with Gasteiger partial charge in [0.15, 0.2) is 0 Å². The number of hydrogen-bond acceptors (Lipinski definition) is 3. The maximum absolute atomic E-state index is 10.3. The van der Waals surface area contributed by atoms with E-state index >= 15 is 0 Å². The zero-order valence-corrected chi connectivity index (χ0v) is 8.07. The zero-order chi connectivity index (χ0) is 9.84. The highest BCUT2D eigenvalue weighted by Gasteiger charge is 2.29. The molecule has 2 N–H and O–H groups in total. The maximum atomic E-state index is 10.3. The van der Waals surface area contributed by atoms with Gasteiger partial charge in [-0.2, -0.15) is 4.21 Å². The molecule has 0 amide bonds. The number of aliphatic hydroxyl groups is 1. The highest BCUT2D eigenvalue weighted by atomic mass is 32.2. The summed E-state index contributed by atoms with van der Waals surface area (Å²) in [5.74, 6) is 0.293. The van der Waals surface area contributed by atoms with Crippen LogP contribution in [0.25, 0.3) is 0 Å². The Morgan fingerprint density at radius 1 is 1.54 bits per heavy atom. The Labute approximate surface area is 80.1 Å². The van der Waals surface area contributed by atoms with Crippen LogP contribution < -0.4 is 0 Å². The van der Waals surface area contributed by atoms with E-state index in [2.05, 4.69) is 10.8 Å². The molecule has 4 unspecified atom stereocenters. The van der Waals surface area contributed by atoms with Gasteiger partial charge < -0.3 is 5.11 Å². The third-order valence-corrected chi connectivity index (χ3v) is 2.75. The van der Waals surface area contributed by atoms with E-state index < -0.39 is 23.6 Å². The van der Waals surface area contributed by atoms with E-state index in [9.17, 15) is 9.32 Å². The lowest BCUT2D eigenvalue weighted by Gasteiger charge is -2.29. The van der Waals surface area contributed by atoms with Crippen LogP contribution in [0.2, 0.25) is 0 Å². The van der Waals surface area contributed by atoms with Crippen molar-refractivity contribution in [1.82, 2.24) is 0 Å². The van der Waals surface area contributed by atoms with Gasteiger partial charge in [0.25, 0.3) is 0 Å². The predicted octanol–water partition coefficient (Wildman–Crippen LogP) is 0.855. The summed E-state index contributed by atoms with van der Waals surface area (Å²) in [7, 11) is 0. The van der Waals surface area contributed by atoms with E-state index in [-0.39, 0.29) is 0 Å². The fourth-order valence-corrected chi connectivity index (χ4v) is 2.02. The summed E-state index contributed by atoms with van der Waals surface area (Å²) in [6.07, 6.45) is 2.64. The molecule has 1 fully saturated rings. The van der Waals surface area contributed by atoms with Crippen molar-refractivity contribution in [1.29, 1.82) is 0 Å². The minimum Gasteiger partial charge on any atom is -0.390 e. The largest absolute Gasteiger partial charge is 0.390 e. The molecule has 5 heteroatoms. The van der Waals surface area contributed by atoms with Crippen LogP contribution in [-0.4, -0.2) is 26.1 Å². The molecule has 0 saturated heterocycles. The Morgan fingerprint density at radius 3 is 2.69 bits per heavy atom. The van der Waals surface area contributed by atoms with Crippen LogP contribution in [0.3, 0.4) is 0 Å². The minimum absolute atomic E-state index is 0.293. The second-order valence-corrected chi connectivity index (χ2v) is 3.85. The monoisotopic (exact) mass is 206 g/mol. The molecule has 4 nitrogen and oxygen atoms in total. The Balaban J connectivity index is 2.43. The first-order valence-corrected chi connectivity index (χ1v) is 5.25. The Morgan fingerprint density at radius 2 is 2.23 bits per heavy atom. The molecule has 0 aromatic heterocycles. The molecule has 0 aromatic carbocycles. The second-order valence-electron chi connectivity index (χ2n) is 3.23. The van der Waals surface area contributed by atoms with Crippen molar-refractivity contribution in [3.05, 3.63) is 12.7 Å². The van der Waals surface area contributed by atoms with Crippen molar-refractivity contribution < 1.29 is 18.1 Å². The molecular formula is C8H14O4S. The van der Waals surface area contributed by atoms with Crippen LogP contribution in [0.15, 0.2) is 12.7 Å². The molecule has 13 heavy (non-hydrogen) atoms. The summed E-state index contributed by atoms with van der Waals surface area (Å²) in [6, 6.07) is 0. The average molecular weight is 206 g/mol. The molecule has 76 valence electrons. The van der Waals surface area contributed by atoms with Crippen LogP contribution in [0.1, 0.15) is 19.3 Å². The summed E-state index contributed by atoms with van der Waals surface area (Å²) in [5.41, 5.74) is 0. The van der Waals surface area contributed by atoms with Gasteiger partial charge in [-0.05, 0) is 25.2 Å². The van der Waals surface area contributed by atoms with Crippen molar-refractivity contribution in [3.8, 4) is 0 Å². The first-order chi connectivity index (χ1) is 6.13. The van der Waals surface area contributed by atoms with E-state index in [4.69, 9.17) is 4.55 Å². The third kappa shape index (κ3) is 3.19. The summed E-state index contributed by atoms with van der Waals surface area (Å²) >= 11 is -2.28. The molecule has 1 aliphatic carbocycles. The van der Waals surface area contributed by atoms with Gasteiger partial charge in [0.05, 0.1) is 6.10 Å². The van der Waals surface area contributed by atoms with Gasteiger partial charge in [-0.25, -0.2) is 0 Å². The SMILES string of the molecule is C=CC1CCC(OS(=O)O)C(O)C1. The molecule has 0 aromatic rings. The van der Waals surface area contributed by atoms with Gasteiger partial charge in [0, 0.05) is 0 Å².